The van der Waals surface area contributed by atoms with Crippen molar-refractivity contribution in [1.29, 1.82) is 0 Å². The first-order valence-corrected chi connectivity index (χ1v) is 8.92. The number of rotatable bonds is 9. The highest BCUT2D eigenvalue weighted by atomic mass is 16.5. The molecule has 0 aliphatic carbocycles. The fourth-order valence-corrected chi connectivity index (χ4v) is 3.22. The van der Waals surface area contributed by atoms with Crippen molar-refractivity contribution >= 4 is 0 Å². The number of hydrogen-bond donors (Lipinski definition) is 3. The minimum atomic E-state index is -0.458. The number of piperazine rings is 1. The Balaban J connectivity index is 1.81. The van der Waals surface area contributed by atoms with Crippen LogP contribution < -0.4 is 19.3 Å². The van der Waals surface area contributed by atoms with Crippen molar-refractivity contribution in [2.24, 2.45) is 0 Å². The van der Waals surface area contributed by atoms with Crippen molar-refractivity contribution in [2.75, 3.05) is 53.0 Å². The van der Waals surface area contributed by atoms with Crippen molar-refractivity contribution in [2.45, 2.75) is 19.4 Å². The van der Waals surface area contributed by atoms with Gasteiger partial charge in [-0.3, -0.25) is 0 Å². The van der Waals surface area contributed by atoms with Gasteiger partial charge in [0.05, 0.1) is 13.7 Å². The third-order valence-electron chi connectivity index (χ3n) is 4.73. The maximum Gasteiger partial charge on any atom is 0.161 e. The molecule has 3 N–H and O–H groups in total. The van der Waals surface area contributed by atoms with Crippen LogP contribution >= 0.6 is 0 Å². The molecular weight excluding hydrogens is 304 g/mol. The zero-order valence-corrected chi connectivity index (χ0v) is 15.0. The van der Waals surface area contributed by atoms with E-state index in [9.17, 15) is 5.11 Å². The summed E-state index contributed by atoms with van der Waals surface area (Å²) in [7, 11) is 1.63. The maximum absolute atomic E-state index is 10.3. The Bertz CT molecular complexity index is 513. The Labute approximate surface area is 145 Å². The number of quaternary nitrogens is 2. The van der Waals surface area contributed by atoms with Crippen molar-refractivity contribution in [1.82, 2.24) is 0 Å². The molecule has 24 heavy (non-hydrogen) atoms. The Hall–Kier alpha value is -1.56. The molecule has 0 unspecified atom stereocenters. The zero-order chi connectivity index (χ0) is 17.4. The van der Waals surface area contributed by atoms with Gasteiger partial charge < -0.3 is 24.4 Å². The average Bonchev–Trinajstić information content (AvgIpc) is 2.61. The van der Waals surface area contributed by atoms with E-state index in [1.165, 1.54) is 24.5 Å². The number of aliphatic hydroxyl groups excluding tert-OH is 1. The predicted molar refractivity (Wildman–Crippen MR) is 95.2 cm³/mol. The predicted octanol–water partition coefficient (Wildman–Crippen LogP) is -1.03. The first kappa shape index (κ1) is 18.8. The number of hydrogen-bond acceptors (Lipinski definition) is 3. The standard InChI is InChI=1S/C19H30N2O3/c1-4-6-16-7-8-18(19(13-16)23-3)24-15-17(22)14-21-11-9-20(5-2)10-12-21/h4,7-8,13,17,22H,1,5-6,9-12,14-15H2,2-3H3/p+2/t17-/m1/s1. The van der Waals surface area contributed by atoms with E-state index in [2.05, 4.69) is 13.5 Å². The molecule has 0 amide bonds. The molecule has 1 aliphatic heterocycles. The van der Waals surface area contributed by atoms with Crippen LogP contribution in [0.1, 0.15) is 12.5 Å². The molecule has 1 aromatic rings. The summed E-state index contributed by atoms with van der Waals surface area (Å²) in [5, 5.41) is 10.3. The normalized spacial score (nSPS) is 22.0. The topological polar surface area (TPSA) is 47.6 Å². The van der Waals surface area contributed by atoms with Gasteiger partial charge in [0.15, 0.2) is 11.5 Å². The van der Waals surface area contributed by atoms with Gasteiger partial charge in [-0.15, -0.1) is 6.58 Å². The van der Waals surface area contributed by atoms with E-state index in [0.29, 0.717) is 18.1 Å². The minimum Gasteiger partial charge on any atom is -0.493 e. The monoisotopic (exact) mass is 336 g/mol. The molecule has 1 heterocycles. The maximum atomic E-state index is 10.3. The van der Waals surface area contributed by atoms with Crippen molar-refractivity contribution in [3.8, 4) is 11.5 Å². The first-order valence-electron chi connectivity index (χ1n) is 8.92. The highest BCUT2D eigenvalue weighted by Gasteiger charge is 2.24. The van der Waals surface area contributed by atoms with E-state index >= 15 is 0 Å². The summed E-state index contributed by atoms with van der Waals surface area (Å²) in [5.74, 6) is 1.38. The molecule has 1 atom stereocenters. The van der Waals surface area contributed by atoms with Gasteiger partial charge in [0.2, 0.25) is 0 Å². The van der Waals surface area contributed by atoms with Gasteiger partial charge in [-0.1, -0.05) is 12.1 Å². The average molecular weight is 336 g/mol. The number of allylic oxidation sites excluding steroid dienone is 1. The van der Waals surface area contributed by atoms with Crippen molar-refractivity contribution in [3.63, 3.8) is 0 Å². The van der Waals surface area contributed by atoms with Crippen LogP contribution in [0.15, 0.2) is 30.9 Å². The van der Waals surface area contributed by atoms with E-state index in [-0.39, 0.29) is 0 Å². The fourth-order valence-electron chi connectivity index (χ4n) is 3.22. The SMILES string of the molecule is C=CCc1ccc(OC[C@H](O)C[NH+]2CC[NH+](CC)CC2)c(OC)c1. The molecule has 1 aliphatic rings. The lowest BCUT2D eigenvalue weighted by Crippen LogP contribution is -3.28. The van der Waals surface area contributed by atoms with Gasteiger partial charge in [0.1, 0.15) is 45.4 Å². The molecule has 5 heteroatoms. The highest BCUT2D eigenvalue weighted by Crippen LogP contribution is 2.28. The van der Waals surface area contributed by atoms with E-state index < -0.39 is 6.10 Å². The van der Waals surface area contributed by atoms with E-state index in [1.54, 1.807) is 12.0 Å². The molecule has 0 aromatic heterocycles. The second kappa shape index (κ2) is 9.67. The van der Waals surface area contributed by atoms with Gasteiger partial charge >= 0.3 is 0 Å². The van der Waals surface area contributed by atoms with Crippen LogP contribution in [0.5, 0.6) is 11.5 Å². The summed E-state index contributed by atoms with van der Waals surface area (Å²) in [4.78, 5) is 3.13. The van der Waals surface area contributed by atoms with E-state index in [1.807, 2.05) is 24.3 Å². The molecular formula is C19H32N2O3+2. The van der Waals surface area contributed by atoms with Crippen LogP contribution in [0.4, 0.5) is 0 Å². The zero-order valence-electron chi connectivity index (χ0n) is 15.0. The highest BCUT2D eigenvalue weighted by molar-refractivity contribution is 5.43. The van der Waals surface area contributed by atoms with Crippen LogP contribution in [0.25, 0.3) is 0 Å². The largest absolute Gasteiger partial charge is 0.493 e. The molecule has 2 rings (SSSR count). The number of nitrogens with one attached hydrogen (secondary N) is 2. The molecule has 0 spiro atoms. The number of benzene rings is 1. The van der Waals surface area contributed by atoms with Gasteiger partial charge in [0.25, 0.3) is 0 Å². The summed E-state index contributed by atoms with van der Waals surface area (Å²) in [6.45, 7) is 12.9. The fraction of sp³-hybridized carbons (Fsp3) is 0.579. The molecule has 0 saturated carbocycles. The van der Waals surface area contributed by atoms with Gasteiger partial charge in [0, 0.05) is 0 Å². The van der Waals surface area contributed by atoms with Crippen LogP contribution in [0.3, 0.4) is 0 Å². The van der Waals surface area contributed by atoms with Crippen molar-refractivity contribution < 1.29 is 24.4 Å². The lowest BCUT2D eigenvalue weighted by atomic mass is 10.1. The van der Waals surface area contributed by atoms with Crippen LogP contribution in [0.2, 0.25) is 0 Å². The Morgan fingerprint density at radius 1 is 1.21 bits per heavy atom. The lowest BCUT2D eigenvalue weighted by molar-refractivity contribution is -1.01. The summed E-state index contributed by atoms with van der Waals surface area (Å²) in [6.07, 6.45) is 2.21. The molecule has 1 fully saturated rings. The minimum absolute atomic E-state index is 0.297. The van der Waals surface area contributed by atoms with Crippen molar-refractivity contribution in [3.05, 3.63) is 36.4 Å². The van der Waals surface area contributed by atoms with Crippen LogP contribution in [0, 0.1) is 0 Å². The number of methoxy groups -OCH3 is 1. The van der Waals surface area contributed by atoms with Gasteiger partial charge in [-0.25, -0.2) is 0 Å². The lowest BCUT2D eigenvalue weighted by Gasteiger charge is -2.30. The molecule has 134 valence electrons. The first-order chi connectivity index (χ1) is 11.7. The summed E-state index contributed by atoms with van der Waals surface area (Å²) in [6, 6.07) is 5.87. The van der Waals surface area contributed by atoms with Gasteiger partial charge in [-0.2, -0.15) is 0 Å². The Kier molecular flexibility index (Phi) is 7.56. The Morgan fingerprint density at radius 3 is 2.54 bits per heavy atom. The summed E-state index contributed by atoms with van der Waals surface area (Å²) >= 11 is 0. The number of likely N-dealkylation sites (N-methyl/N-ethyl adjacent to an activating group) is 1. The van der Waals surface area contributed by atoms with Crippen LogP contribution in [-0.4, -0.2) is 64.2 Å². The van der Waals surface area contributed by atoms with E-state index in [0.717, 1.165) is 31.6 Å². The molecule has 1 aromatic carbocycles. The number of ether oxygens (including phenoxy) is 2. The second-order valence-corrected chi connectivity index (χ2v) is 6.50. The van der Waals surface area contributed by atoms with Crippen LogP contribution in [-0.2, 0) is 6.42 Å². The molecule has 1 saturated heterocycles. The Morgan fingerprint density at radius 2 is 1.92 bits per heavy atom. The third kappa shape index (κ3) is 5.51. The number of aliphatic hydroxyl groups is 1. The molecule has 0 radical (unpaired) electrons. The van der Waals surface area contributed by atoms with Gasteiger partial charge in [-0.05, 0) is 31.0 Å². The smallest absolute Gasteiger partial charge is 0.161 e. The third-order valence-corrected chi connectivity index (χ3v) is 4.73. The summed E-state index contributed by atoms with van der Waals surface area (Å²) < 4.78 is 11.2. The second-order valence-electron chi connectivity index (χ2n) is 6.50. The van der Waals surface area contributed by atoms with E-state index in [4.69, 9.17) is 9.47 Å². The summed E-state index contributed by atoms with van der Waals surface area (Å²) in [5.41, 5.74) is 1.13. The molecule has 0 bridgehead atoms. The molecule has 5 nitrogen and oxygen atoms in total. The quantitative estimate of drug-likeness (QED) is 0.505.